The Balaban J connectivity index is 2.03. The van der Waals surface area contributed by atoms with E-state index in [0.717, 1.165) is 12.5 Å². The zero-order valence-electron chi connectivity index (χ0n) is 9.67. The second-order valence-corrected chi connectivity index (χ2v) is 4.57. The van der Waals surface area contributed by atoms with Gasteiger partial charge < -0.3 is 10.6 Å². The van der Waals surface area contributed by atoms with E-state index < -0.39 is 0 Å². The minimum absolute atomic E-state index is 0.870. The van der Waals surface area contributed by atoms with Crippen molar-refractivity contribution in [2.24, 2.45) is 11.7 Å². The van der Waals surface area contributed by atoms with E-state index in [1.54, 1.807) is 0 Å². The van der Waals surface area contributed by atoms with Gasteiger partial charge in [0.1, 0.15) is 0 Å². The standard InChI is InChI=1S/C12H26N2/c1-2-9-14-10-6-12(7-11-14)5-3-4-8-13/h12H,2-11,13H2,1H3. The van der Waals surface area contributed by atoms with Crippen LogP contribution >= 0.6 is 0 Å². The fourth-order valence-corrected chi connectivity index (χ4v) is 2.39. The number of piperidine rings is 1. The van der Waals surface area contributed by atoms with Crippen molar-refractivity contribution in [3.05, 3.63) is 0 Å². The van der Waals surface area contributed by atoms with Gasteiger partial charge in [0, 0.05) is 0 Å². The lowest BCUT2D eigenvalue weighted by molar-refractivity contribution is 0.177. The van der Waals surface area contributed by atoms with E-state index in [2.05, 4.69) is 11.8 Å². The van der Waals surface area contributed by atoms with Gasteiger partial charge in [0.05, 0.1) is 0 Å². The Labute approximate surface area is 88.8 Å². The lowest BCUT2D eigenvalue weighted by Crippen LogP contribution is -2.34. The van der Waals surface area contributed by atoms with Crippen LogP contribution in [0.2, 0.25) is 0 Å². The Kier molecular flexibility index (Phi) is 6.20. The molecule has 0 saturated carbocycles. The van der Waals surface area contributed by atoms with Crippen molar-refractivity contribution in [3.63, 3.8) is 0 Å². The van der Waals surface area contributed by atoms with Crippen LogP contribution in [0.5, 0.6) is 0 Å². The van der Waals surface area contributed by atoms with E-state index in [4.69, 9.17) is 5.73 Å². The average molecular weight is 198 g/mol. The first-order valence-corrected chi connectivity index (χ1v) is 6.29. The molecule has 1 aliphatic rings. The number of hydrogen-bond acceptors (Lipinski definition) is 2. The summed E-state index contributed by atoms with van der Waals surface area (Å²) in [5.41, 5.74) is 5.50. The van der Waals surface area contributed by atoms with Gasteiger partial charge in [0.25, 0.3) is 0 Å². The molecule has 0 aromatic heterocycles. The lowest BCUT2D eigenvalue weighted by Gasteiger charge is -2.31. The van der Waals surface area contributed by atoms with E-state index in [1.807, 2.05) is 0 Å². The summed E-state index contributed by atoms with van der Waals surface area (Å²) < 4.78 is 0. The predicted molar refractivity (Wildman–Crippen MR) is 62.4 cm³/mol. The van der Waals surface area contributed by atoms with Crippen LogP contribution in [0.15, 0.2) is 0 Å². The molecule has 84 valence electrons. The third-order valence-corrected chi connectivity index (χ3v) is 3.31. The molecule has 0 bridgehead atoms. The van der Waals surface area contributed by atoms with Gasteiger partial charge >= 0.3 is 0 Å². The number of rotatable bonds is 6. The van der Waals surface area contributed by atoms with Crippen molar-refractivity contribution in [2.75, 3.05) is 26.2 Å². The van der Waals surface area contributed by atoms with E-state index in [0.29, 0.717) is 0 Å². The molecule has 1 rings (SSSR count). The van der Waals surface area contributed by atoms with Crippen LogP contribution in [0.3, 0.4) is 0 Å². The van der Waals surface area contributed by atoms with Gasteiger partial charge in [-0.05, 0) is 57.8 Å². The van der Waals surface area contributed by atoms with Crippen LogP contribution in [0.1, 0.15) is 45.4 Å². The second kappa shape index (κ2) is 7.24. The van der Waals surface area contributed by atoms with Crippen LogP contribution in [-0.2, 0) is 0 Å². The van der Waals surface area contributed by atoms with Gasteiger partial charge in [-0.3, -0.25) is 0 Å². The summed E-state index contributed by atoms with van der Waals surface area (Å²) in [6, 6.07) is 0. The van der Waals surface area contributed by atoms with Gasteiger partial charge in [-0.1, -0.05) is 19.8 Å². The molecule has 0 aromatic rings. The van der Waals surface area contributed by atoms with Gasteiger partial charge in [-0.2, -0.15) is 0 Å². The number of nitrogens with two attached hydrogens (primary N) is 1. The van der Waals surface area contributed by atoms with Crippen molar-refractivity contribution < 1.29 is 0 Å². The fourth-order valence-electron chi connectivity index (χ4n) is 2.39. The van der Waals surface area contributed by atoms with Gasteiger partial charge in [-0.15, -0.1) is 0 Å². The second-order valence-electron chi connectivity index (χ2n) is 4.57. The summed E-state index contributed by atoms with van der Waals surface area (Å²) in [4.78, 5) is 2.61. The summed E-state index contributed by atoms with van der Waals surface area (Å²) in [5, 5.41) is 0. The molecule has 2 nitrogen and oxygen atoms in total. The van der Waals surface area contributed by atoms with Crippen molar-refractivity contribution in [3.8, 4) is 0 Å². The van der Waals surface area contributed by atoms with Crippen LogP contribution in [0.4, 0.5) is 0 Å². The van der Waals surface area contributed by atoms with Gasteiger partial charge in [-0.25, -0.2) is 0 Å². The minimum atomic E-state index is 0.870. The van der Waals surface area contributed by atoms with Crippen molar-refractivity contribution in [2.45, 2.75) is 45.4 Å². The molecule has 0 spiro atoms. The molecule has 0 amide bonds. The molecule has 0 radical (unpaired) electrons. The maximum atomic E-state index is 5.50. The quantitative estimate of drug-likeness (QED) is 0.663. The fraction of sp³-hybridized carbons (Fsp3) is 1.00. The minimum Gasteiger partial charge on any atom is -0.330 e. The third-order valence-electron chi connectivity index (χ3n) is 3.31. The zero-order valence-corrected chi connectivity index (χ0v) is 9.67. The molecular formula is C12H26N2. The number of hydrogen-bond donors (Lipinski definition) is 1. The molecule has 0 atom stereocenters. The van der Waals surface area contributed by atoms with Crippen molar-refractivity contribution in [1.82, 2.24) is 4.90 Å². The molecular weight excluding hydrogens is 172 g/mol. The first-order chi connectivity index (χ1) is 6.86. The number of nitrogens with zero attached hydrogens (tertiary/aromatic N) is 1. The molecule has 1 fully saturated rings. The molecule has 0 aromatic carbocycles. The molecule has 0 unspecified atom stereocenters. The van der Waals surface area contributed by atoms with Crippen LogP contribution in [-0.4, -0.2) is 31.1 Å². The highest BCUT2D eigenvalue weighted by Crippen LogP contribution is 2.22. The maximum absolute atomic E-state index is 5.50. The Morgan fingerprint density at radius 3 is 2.50 bits per heavy atom. The summed E-state index contributed by atoms with van der Waals surface area (Å²) in [6.45, 7) is 7.11. The summed E-state index contributed by atoms with van der Waals surface area (Å²) in [6.07, 6.45) is 8.12. The Bertz CT molecular complexity index is 128. The number of likely N-dealkylation sites (tertiary alicyclic amines) is 1. The van der Waals surface area contributed by atoms with Crippen molar-refractivity contribution >= 4 is 0 Å². The summed E-state index contributed by atoms with van der Waals surface area (Å²) in [5.74, 6) is 0.995. The normalized spacial score (nSPS) is 20.1. The Hall–Kier alpha value is -0.0800. The first kappa shape index (κ1) is 12.0. The highest BCUT2D eigenvalue weighted by atomic mass is 15.1. The topological polar surface area (TPSA) is 29.3 Å². The van der Waals surface area contributed by atoms with E-state index in [9.17, 15) is 0 Å². The summed E-state index contributed by atoms with van der Waals surface area (Å²) in [7, 11) is 0. The highest BCUT2D eigenvalue weighted by molar-refractivity contribution is 4.71. The SMILES string of the molecule is CCCN1CCC(CCCCN)CC1. The van der Waals surface area contributed by atoms with E-state index >= 15 is 0 Å². The Morgan fingerprint density at radius 1 is 1.21 bits per heavy atom. The van der Waals surface area contributed by atoms with E-state index in [1.165, 1.54) is 58.2 Å². The maximum Gasteiger partial charge on any atom is -0.00161 e. The summed E-state index contributed by atoms with van der Waals surface area (Å²) >= 11 is 0. The van der Waals surface area contributed by atoms with Gasteiger partial charge in [0.2, 0.25) is 0 Å². The molecule has 1 heterocycles. The molecule has 1 saturated heterocycles. The zero-order chi connectivity index (χ0) is 10.2. The van der Waals surface area contributed by atoms with Crippen LogP contribution in [0.25, 0.3) is 0 Å². The molecule has 2 N–H and O–H groups in total. The van der Waals surface area contributed by atoms with Crippen LogP contribution in [0, 0.1) is 5.92 Å². The molecule has 2 heteroatoms. The smallest absolute Gasteiger partial charge is 0.00161 e. The monoisotopic (exact) mass is 198 g/mol. The van der Waals surface area contributed by atoms with Crippen LogP contribution < -0.4 is 5.73 Å². The first-order valence-electron chi connectivity index (χ1n) is 6.29. The lowest BCUT2D eigenvalue weighted by atomic mass is 9.91. The van der Waals surface area contributed by atoms with Gasteiger partial charge in [0.15, 0.2) is 0 Å². The predicted octanol–water partition coefficient (Wildman–Crippen LogP) is 2.24. The van der Waals surface area contributed by atoms with E-state index in [-0.39, 0.29) is 0 Å². The Morgan fingerprint density at radius 2 is 1.93 bits per heavy atom. The average Bonchev–Trinajstić information content (AvgIpc) is 2.21. The molecule has 1 aliphatic heterocycles. The molecule has 14 heavy (non-hydrogen) atoms. The highest BCUT2D eigenvalue weighted by Gasteiger charge is 2.17. The van der Waals surface area contributed by atoms with Crippen molar-refractivity contribution in [1.29, 1.82) is 0 Å². The number of unbranched alkanes of at least 4 members (excludes halogenated alkanes) is 1. The largest absolute Gasteiger partial charge is 0.330 e. The molecule has 0 aliphatic carbocycles. The third kappa shape index (κ3) is 4.43.